The molecule has 1 aromatic carbocycles. The Hall–Kier alpha value is -3.02. The molecule has 2 aromatic heterocycles. The number of hydrogen-bond acceptors (Lipinski definition) is 6. The van der Waals surface area contributed by atoms with Crippen LogP contribution in [0.2, 0.25) is 5.02 Å². The Balaban J connectivity index is 1.28. The average Bonchev–Trinajstić information content (AvgIpc) is 3.61. The highest BCUT2D eigenvalue weighted by Gasteiger charge is 2.35. The fraction of sp³-hybridized carbons (Fsp3) is 0.417. The van der Waals surface area contributed by atoms with Crippen molar-refractivity contribution in [1.29, 1.82) is 5.26 Å². The molecule has 2 fully saturated rings. The number of piperidine rings is 1. The highest BCUT2D eigenvalue weighted by molar-refractivity contribution is 6.30. The van der Waals surface area contributed by atoms with Gasteiger partial charge in [0.05, 0.1) is 12.2 Å². The summed E-state index contributed by atoms with van der Waals surface area (Å²) < 4.78 is 16.2. The van der Waals surface area contributed by atoms with Gasteiger partial charge in [-0.1, -0.05) is 11.6 Å². The molecule has 0 spiro atoms. The van der Waals surface area contributed by atoms with Crippen LogP contribution in [0.4, 0.5) is 10.2 Å². The summed E-state index contributed by atoms with van der Waals surface area (Å²) in [6.07, 6.45) is 4.21. The smallest absolute Gasteiger partial charge is 0.232 e. The number of anilines is 1. The summed E-state index contributed by atoms with van der Waals surface area (Å²) in [4.78, 5) is 8.55. The van der Waals surface area contributed by atoms with Crippen LogP contribution in [0.3, 0.4) is 0 Å². The molecule has 3 aliphatic rings. The Morgan fingerprint density at radius 1 is 1.03 bits per heavy atom. The van der Waals surface area contributed by atoms with Crippen molar-refractivity contribution in [3.8, 4) is 11.8 Å². The van der Waals surface area contributed by atoms with Gasteiger partial charge >= 0.3 is 0 Å². The fourth-order valence-corrected chi connectivity index (χ4v) is 5.26. The van der Waals surface area contributed by atoms with Gasteiger partial charge in [0.15, 0.2) is 5.82 Å². The summed E-state index contributed by atoms with van der Waals surface area (Å²) in [6, 6.07) is 11.8. The molecule has 4 heterocycles. The largest absolute Gasteiger partial charge is 0.356 e. The third-order valence-electron chi connectivity index (χ3n) is 6.96. The maximum Gasteiger partial charge on any atom is 0.232 e. The summed E-state index contributed by atoms with van der Waals surface area (Å²) in [6.45, 7) is 3.15. The van der Waals surface area contributed by atoms with Gasteiger partial charge in [0.2, 0.25) is 5.95 Å². The van der Waals surface area contributed by atoms with Crippen molar-refractivity contribution in [2.24, 2.45) is 0 Å². The maximum absolute atomic E-state index is 14.0. The molecule has 33 heavy (non-hydrogen) atoms. The normalized spacial score (nSPS) is 19.0. The van der Waals surface area contributed by atoms with Gasteiger partial charge in [-0.3, -0.25) is 9.47 Å². The second kappa shape index (κ2) is 8.08. The number of pyridine rings is 1. The highest BCUT2D eigenvalue weighted by atomic mass is 35.5. The topological polar surface area (TPSA) is 73.9 Å². The molecule has 168 valence electrons. The Kier molecular flexibility index (Phi) is 5.04. The van der Waals surface area contributed by atoms with Crippen LogP contribution in [0.15, 0.2) is 30.3 Å². The van der Waals surface area contributed by atoms with Crippen molar-refractivity contribution in [2.45, 2.75) is 50.7 Å². The van der Waals surface area contributed by atoms with E-state index in [1.165, 1.54) is 24.5 Å². The maximum atomic E-state index is 14.0. The zero-order valence-corrected chi connectivity index (χ0v) is 18.8. The second-order valence-corrected chi connectivity index (χ2v) is 9.54. The summed E-state index contributed by atoms with van der Waals surface area (Å²) in [5.74, 6) is 2.09. The monoisotopic (exact) mass is 463 g/mol. The predicted octanol–water partition coefficient (Wildman–Crippen LogP) is 4.19. The fourth-order valence-electron chi connectivity index (χ4n) is 5.06. The van der Waals surface area contributed by atoms with Crippen LogP contribution in [0.25, 0.3) is 5.69 Å². The first-order valence-electron chi connectivity index (χ1n) is 11.4. The Morgan fingerprint density at radius 3 is 2.58 bits per heavy atom. The number of nitriles is 1. The minimum absolute atomic E-state index is 0.0289. The Labute approximate surface area is 196 Å². The van der Waals surface area contributed by atoms with E-state index >= 15 is 0 Å². The van der Waals surface area contributed by atoms with Crippen molar-refractivity contribution in [3.63, 3.8) is 0 Å². The molecule has 6 rings (SSSR count). The Bertz CT molecular complexity index is 1250. The first kappa shape index (κ1) is 20.6. The zero-order chi connectivity index (χ0) is 22.5. The molecule has 0 atom stereocenters. The average molecular weight is 464 g/mol. The molecule has 2 aliphatic heterocycles. The number of halogens is 2. The SMILES string of the molecule is N#Cc1ccc(N2CCC(c3nnc4n3-c3ccc(Cl)cc3CN(C3CC3)C4)CC2)nc1F. The van der Waals surface area contributed by atoms with Gasteiger partial charge in [-0.15, -0.1) is 10.2 Å². The van der Waals surface area contributed by atoms with Crippen molar-refractivity contribution in [1.82, 2.24) is 24.6 Å². The Morgan fingerprint density at radius 2 is 1.85 bits per heavy atom. The molecule has 1 aliphatic carbocycles. The van der Waals surface area contributed by atoms with E-state index in [-0.39, 0.29) is 11.5 Å². The third-order valence-corrected chi connectivity index (χ3v) is 7.19. The van der Waals surface area contributed by atoms with Crippen LogP contribution >= 0.6 is 11.6 Å². The number of rotatable bonds is 3. The lowest BCUT2D eigenvalue weighted by Gasteiger charge is -2.32. The standard InChI is InChI=1S/C24H23ClFN7/c25-18-2-5-20-17(11-18)13-32(19-3-4-19)14-22-29-30-24(33(20)22)15-7-9-31(10-8-15)21-6-1-16(12-27)23(26)28-21/h1-2,5-6,11,15,19H,3-4,7-10,13-14H2. The first-order valence-corrected chi connectivity index (χ1v) is 11.8. The van der Waals surface area contributed by atoms with Crippen LogP contribution in [-0.4, -0.2) is 43.8 Å². The molecule has 1 saturated carbocycles. The summed E-state index contributed by atoms with van der Waals surface area (Å²) >= 11 is 6.35. The van der Waals surface area contributed by atoms with E-state index in [0.29, 0.717) is 11.9 Å². The third kappa shape index (κ3) is 3.75. The van der Waals surface area contributed by atoms with E-state index in [4.69, 9.17) is 16.9 Å². The van der Waals surface area contributed by atoms with Gasteiger partial charge in [0, 0.05) is 36.6 Å². The van der Waals surface area contributed by atoms with Crippen LogP contribution in [0, 0.1) is 17.3 Å². The van der Waals surface area contributed by atoms with Gasteiger partial charge in [-0.25, -0.2) is 4.98 Å². The summed E-state index contributed by atoms with van der Waals surface area (Å²) in [5, 5.41) is 19.0. The quantitative estimate of drug-likeness (QED) is 0.542. The number of nitrogens with zero attached hydrogens (tertiary/aromatic N) is 7. The number of fused-ring (bicyclic) bond motifs is 3. The van der Waals surface area contributed by atoms with Crippen LogP contribution < -0.4 is 4.90 Å². The molecule has 0 unspecified atom stereocenters. The lowest BCUT2D eigenvalue weighted by atomic mass is 9.95. The van der Waals surface area contributed by atoms with Crippen LogP contribution in [0.5, 0.6) is 0 Å². The van der Waals surface area contributed by atoms with Gasteiger partial charge in [-0.05, 0) is 61.6 Å². The van der Waals surface area contributed by atoms with E-state index < -0.39 is 5.95 Å². The van der Waals surface area contributed by atoms with E-state index in [1.807, 2.05) is 12.1 Å². The van der Waals surface area contributed by atoms with E-state index in [0.717, 1.165) is 61.4 Å². The summed E-state index contributed by atoms with van der Waals surface area (Å²) in [5.41, 5.74) is 2.30. The summed E-state index contributed by atoms with van der Waals surface area (Å²) in [7, 11) is 0. The second-order valence-electron chi connectivity index (χ2n) is 9.10. The number of hydrogen-bond donors (Lipinski definition) is 0. The lowest BCUT2D eigenvalue weighted by molar-refractivity contribution is 0.243. The van der Waals surface area contributed by atoms with Crippen LogP contribution in [0.1, 0.15) is 54.4 Å². The van der Waals surface area contributed by atoms with Gasteiger partial charge < -0.3 is 4.90 Å². The van der Waals surface area contributed by atoms with Gasteiger partial charge in [0.1, 0.15) is 23.3 Å². The first-order chi connectivity index (χ1) is 16.1. The zero-order valence-electron chi connectivity index (χ0n) is 18.1. The molecular weight excluding hydrogens is 441 g/mol. The molecule has 7 nitrogen and oxygen atoms in total. The molecule has 3 aromatic rings. The van der Waals surface area contributed by atoms with Crippen molar-refractivity contribution >= 4 is 17.4 Å². The molecular formula is C24H23ClFN7. The molecule has 1 saturated heterocycles. The highest BCUT2D eigenvalue weighted by Crippen LogP contribution is 2.37. The van der Waals surface area contributed by atoms with E-state index in [9.17, 15) is 4.39 Å². The van der Waals surface area contributed by atoms with Crippen molar-refractivity contribution < 1.29 is 4.39 Å². The molecule has 0 amide bonds. The van der Waals surface area contributed by atoms with Gasteiger partial charge in [0.25, 0.3) is 0 Å². The molecule has 0 bridgehead atoms. The van der Waals surface area contributed by atoms with Crippen LogP contribution in [-0.2, 0) is 13.1 Å². The van der Waals surface area contributed by atoms with Gasteiger partial charge in [-0.2, -0.15) is 9.65 Å². The molecule has 9 heteroatoms. The minimum Gasteiger partial charge on any atom is -0.356 e. The van der Waals surface area contributed by atoms with E-state index in [2.05, 4.69) is 41.7 Å². The molecule has 0 N–H and O–H groups in total. The predicted molar refractivity (Wildman–Crippen MR) is 122 cm³/mol. The van der Waals surface area contributed by atoms with Crippen molar-refractivity contribution in [3.05, 3.63) is 64.1 Å². The van der Waals surface area contributed by atoms with Crippen molar-refractivity contribution in [2.75, 3.05) is 18.0 Å². The van der Waals surface area contributed by atoms with E-state index in [1.54, 1.807) is 6.07 Å². The minimum atomic E-state index is -0.713. The number of benzene rings is 1. The lowest BCUT2D eigenvalue weighted by Crippen LogP contribution is -2.34. The number of aromatic nitrogens is 4. The molecule has 0 radical (unpaired) electrons.